The molecule has 5 aromatic rings. The minimum Gasteiger partial charge on any atom is -0.335 e. The predicted octanol–water partition coefficient (Wildman–Crippen LogP) is 9.06. The van der Waals surface area contributed by atoms with Gasteiger partial charge in [-0.15, -0.1) is 0 Å². The molecule has 0 spiro atoms. The normalized spacial score (nSPS) is 14.8. The number of aryl methyl sites for hydroxylation is 1. The summed E-state index contributed by atoms with van der Waals surface area (Å²) < 4.78 is 36.1. The molecule has 0 aliphatic carbocycles. The van der Waals surface area contributed by atoms with Crippen molar-refractivity contribution < 1.29 is 17.5 Å². The van der Waals surface area contributed by atoms with Crippen molar-refractivity contribution in [2.45, 2.75) is 38.1 Å². The molecule has 5 nitrogen and oxygen atoms in total. The number of thioether (sulfide) groups is 1. The summed E-state index contributed by atoms with van der Waals surface area (Å²) in [4.78, 5) is 3.32. The van der Waals surface area contributed by atoms with E-state index in [1.807, 2.05) is 29.5 Å². The molecule has 1 N–H and O–H groups in total. The Bertz CT molecular complexity index is 2030. The standard InChI is InChI=1S/C36H34N2O3S3/c1-3-26(24-34-37(4-2)36-30-14-9-8-13-29(30)18-20-32(36)42-34)25-35-38(21-10-22-44(39,40)41)31-19-17-28(23-33(31)43-35)16-15-27-11-6-5-7-12-27/h5-9,11-20,23-25H,3-4,10,21-22H2,1-2H3/p+1. The second kappa shape index (κ2) is 13.1. The van der Waals surface area contributed by atoms with E-state index in [4.69, 9.17) is 0 Å². The third-order valence-electron chi connectivity index (χ3n) is 7.76. The van der Waals surface area contributed by atoms with Gasteiger partial charge >= 0.3 is 0 Å². The van der Waals surface area contributed by atoms with E-state index >= 15 is 0 Å². The highest BCUT2D eigenvalue weighted by molar-refractivity contribution is 8.03. The first-order valence-electron chi connectivity index (χ1n) is 14.9. The third kappa shape index (κ3) is 6.69. The number of benzene rings is 4. The number of thiazole rings is 1. The minimum absolute atomic E-state index is 0.266. The number of rotatable bonds is 10. The minimum atomic E-state index is -4.03. The average Bonchev–Trinajstić information content (AvgIpc) is 3.56. The van der Waals surface area contributed by atoms with Crippen molar-refractivity contribution in [1.82, 2.24) is 0 Å². The van der Waals surface area contributed by atoms with Crippen molar-refractivity contribution in [3.8, 4) is 0 Å². The van der Waals surface area contributed by atoms with Crippen LogP contribution in [0.4, 0.5) is 5.69 Å². The first-order chi connectivity index (χ1) is 21.3. The summed E-state index contributed by atoms with van der Waals surface area (Å²) in [5, 5.41) is 4.77. The molecule has 44 heavy (non-hydrogen) atoms. The van der Waals surface area contributed by atoms with E-state index in [2.05, 4.69) is 114 Å². The van der Waals surface area contributed by atoms with Crippen LogP contribution in [0.15, 0.2) is 107 Å². The largest absolute Gasteiger partial charge is 0.335 e. The topological polar surface area (TPSA) is 61.5 Å². The van der Waals surface area contributed by atoms with Gasteiger partial charge in [0.05, 0.1) is 21.9 Å². The fourth-order valence-electron chi connectivity index (χ4n) is 5.58. The van der Waals surface area contributed by atoms with Gasteiger partial charge in [-0.3, -0.25) is 4.55 Å². The number of aromatic nitrogens is 1. The zero-order chi connectivity index (χ0) is 30.7. The van der Waals surface area contributed by atoms with Gasteiger partial charge in [-0.05, 0) is 72.2 Å². The van der Waals surface area contributed by atoms with Gasteiger partial charge in [0.25, 0.3) is 15.1 Å². The quantitative estimate of drug-likeness (QED) is 0.0939. The average molecular weight is 640 g/mol. The van der Waals surface area contributed by atoms with E-state index in [1.54, 1.807) is 11.8 Å². The Kier molecular flexibility index (Phi) is 9.05. The lowest BCUT2D eigenvalue weighted by atomic mass is 10.1. The molecule has 1 aromatic heterocycles. The zero-order valence-corrected chi connectivity index (χ0v) is 27.3. The monoisotopic (exact) mass is 639 g/mol. The number of nitrogens with zero attached hydrogens (tertiary/aromatic N) is 2. The molecular formula is C36H35N2O3S3+. The second-order valence-electron chi connectivity index (χ2n) is 10.7. The Labute approximate surface area is 267 Å². The number of hydrogen-bond donors (Lipinski definition) is 1. The van der Waals surface area contributed by atoms with E-state index in [-0.39, 0.29) is 5.75 Å². The summed E-state index contributed by atoms with van der Waals surface area (Å²) in [5.74, 6) is -0.266. The van der Waals surface area contributed by atoms with Crippen molar-refractivity contribution >= 4 is 78.1 Å². The highest BCUT2D eigenvalue weighted by Gasteiger charge is 2.26. The second-order valence-corrected chi connectivity index (χ2v) is 14.4. The van der Waals surface area contributed by atoms with Gasteiger partial charge in [0, 0.05) is 17.5 Å². The first-order valence-corrected chi connectivity index (χ1v) is 18.1. The molecule has 0 unspecified atom stereocenters. The molecule has 0 fully saturated rings. The van der Waals surface area contributed by atoms with Crippen LogP contribution in [-0.4, -0.2) is 25.3 Å². The molecule has 0 radical (unpaired) electrons. The van der Waals surface area contributed by atoms with Crippen molar-refractivity contribution in [2.75, 3.05) is 17.2 Å². The molecule has 8 heteroatoms. The summed E-state index contributed by atoms with van der Waals surface area (Å²) in [6.45, 7) is 5.73. The molecule has 2 heterocycles. The van der Waals surface area contributed by atoms with Crippen LogP contribution in [0.25, 0.3) is 39.2 Å². The molecule has 1 aliphatic heterocycles. The Hall–Kier alpha value is -3.69. The predicted molar refractivity (Wildman–Crippen MR) is 188 cm³/mol. The van der Waals surface area contributed by atoms with Crippen molar-refractivity contribution in [1.29, 1.82) is 0 Å². The lowest BCUT2D eigenvalue weighted by molar-refractivity contribution is -0.664. The van der Waals surface area contributed by atoms with Gasteiger partial charge in [-0.25, -0.2) is 0 Å². The van der Waals surface area contributed by atoms with Crippen LogP contribution >= 0.6 is 23.1 Å². The van der Waals surface area contributed by atoms with Crippen LogP contribution in [0.5, 0.6) is 0 Å². The molecule has 0 saturated heterocycles. The number of anilines is 1. The van der Waals surface area contributed by atoms with Crippen molar-refractivity contribution in [3.63, 3.8) is 0 Å². The van der Waals surface area contributed by atoms with Crippen molar-refractivity contribution in [3.05, 3.63) is 118 Å². The Balaban J connectivity index is 1.36. The fourth-order valence-corrected chi connectivity index (χ4v) is 8.51. The zero-order valence-electron chi connectivity index (χ0n) is 24.8. The Morgan fingerprint density at radius 2 is 1.70 bits per heavy atom. The molecule has 6 rings (SSSR count). The van der Waals surface area contributed by atoms with Crippen LogP contribution in [0.2, 0.25) is 0 Å². The highest BCUT2D eigenvalue weighted by Crippen LogP contribution is 2.47. The Morgan fingerprint density at radius 3 is 2.48 bits per heavy atom. The summed E-state index contributed by atoms with van der Waals surface area (Å²) in [6, 6.07) is 29.6. The van der Waals surface area contributed by atoms with Gasteiger partial charge in [0.1, 0.15) is 11.2 Å². The van der Waals surface area contributed by atoms with E-state index in [0.717, 1.165) is 39.7 Å². The lowest BCUT2D eigenvalue weighted by Gasteiger charge is -2.20. The molecule has 0 saturated carbocycles. The maximum absolute atomic E-state index is 11.5. The van der Waals surface area contributed by atoms with E-state index in [9.17, 15) is 13.0 Å². The van der Waals surface area contributed by atoms with Crippen LogP contribution < -0.4 is 9.47 Å². The number of hydrogen-bond acceptors (Lipinski definition) is 5. The molecular weight excluding hydrogens is 605 g/mol. The van der Waals surface area contributed by atoms with Gasteiger partial charge < -0.3 is 4.90 Å². The third-order valence-corrected chi connectivity index (χ3v) is 10.8. The van der Waals surface area contributed by atoms with Crippen LogP contribution in [0, 0.1) is 0 Å². The molecule has 224 valence electrons. The van der Waals surface area contributed by atoms with Gasteiger partial charge in [0.2, 0.25) is 5.52 Å². The van der Waals surface area contributed by atoms with E-state index < -0.39 is 10.1 Å². The number of allylic oxidation sites excluding steroid dienone is 2. The smallest absolute Gasteiger partial charge is 0.264 e. The summed E-state index contributed by atoms with van der Waals surface area (Å²) in [7, 11) is -4.03. The number of fused-ring (bicyclic) bond motifs is 4. The molecule has 0 atom stereocenters. The van der Waals surface area contributed by atoms with Gasteiger partial charge in [0.15, 0.2) is 0 Å². The van der Waals surface area contributed by atoms with Crippen molar-refractivity contribution in [2.24, 2.45) is 0 Å². The fraction of sp³-hybridized carbons (Fsp3) is 0.194. The van der Waals surface area contributed by atoms with Crippen LogP contribution in [-0.2, 0) is 16.7 Å². The summed E-state index contributed by atoms with van der Waals surface area (Å²) >= 11 is 3.52. The van der Waals surface area contributed by atoms with Gasteiger partial charge in [-0.1, -0.05) is 103 Å². The van der Waals surface area contributed by atoms with E-state index in [1.165, 1.54) is 31.6 Å². The molecule has 1 aliphatic rings. The maximum Gasteiger partial charge on any atom is 0.264 e. The Morgan fingerprint density at radius 1 is 0.932 bits per heavy atom. The summed E-state index contributed by atoms with van der Waals surface area (Å²) in [6.07, 6.45) is 9.94. The maximum atomic E-state index is 11.5. The molecule has 4 aromatic carbocycles. The molecule has 0 bridgehead atoms. The van der Waals surface area contributed by atoms with Crippen LogP contribution in [0.3, 0.4) is 0 Å². The summed E-state index contributed by atoms with van der Waals surface area (Å²) in [5.41, 5.74) is 5.77. The first kappa shape index (κ1) is 30.3. The highest BCUT2D eigenvalue weighted by atomic mass is 32.2. The van der Waals surface area contributed by atoms with E-state index in [0.29, 0.717) is 13.0 Å². The SMILES string of the molecule is CCC(=Cc1sc2ccc3ccccc3c2[n+]1CC)C=C1Sc2cc(C=Cc3ccccc3)ccc2N1CCCS(=O)(=O)O. The van der Waals surface area contributed by atoms with Crippen LogP contribution in [0.1, 0.15) is 42.8 Å². The molecule has 0 amide bonds. The lowest BCUT2D eigenvalue weighted by Crippen LogP contribution is -2.33. The van der Waals surface area contributed by atoms with Gasteiger partial charge in [-0.2, -0.15) is 13.0 Å².